The lowest BCUT2D eigenvalue weighted by Crippen LogP contribution is -2.41. The molecule has 1 rings (SSSR count). The maximum absolute atomic E-state index is 3.69. The molecule has 0 radical (unpaired) electrons. The Labute approximate surface area is 95.4 Å². The van der Waals surface area contributed by atoms with Crippen molar-refractivity contribution in [1.29, 1.82) is 0 Å². The molecule has 0 spiro atoms. The van der Waals surface area contributed by atoms with Gasteiger partial charge in [-0.25, -0.2) is 0 Å². The zero-order valence-corrected chi connectivity index (χ0v) is 10.6. The third-order valence-electron chi connectivity index (χ3n) is 3.22. The molecular formula is C13H28N2. The van der Waals surface area contributed by atoms with Gasteiger partial charge in [-0.05, 0) is 45.3 Å². The molecule has 0 aliphatic carbocycles. The number of hydrogen-bond acceptors (Lipinski definition) is 2. The summed E-state index contributed by atoms with van der Waals surface area (Å²) in [6.45, 7) is 9.60. The molecule has 1 heterocycles. The molecule has 1 fully saturated rings. The van der Waals surface area contributed by atoms with Crippen molar-refractivity contribution in [3.05, 3.63) is 0 Å². The van der Waals surface area contributed by atoms with E-state index in [4.69, 9.17) is 0 Å². The normalized spacial score (nSPS) is 23.0. The number of rotatable bonds is 6. The minimum absolute atomic E-state index is 0.755. The van der Waals surface area contributed by atoms with Crippen LogP contribution in [-0.4, -0.2) is 37.1 Å². The second kappa shape index (κ2) is 8.12. The summed E-state index contributed by atoms with van der Waals surface area (Å²) < 4.78 is 0. The summed E-state index contributed by atoms with van der Waals surface area (Å²) in [7, 11) is 0. The van der Waals surface area contributed by atoms with E-state index in [9.17, 15) is 0 Å². The Morgan fingerprint density at radius 1 is 1.07 bits per heavy atom. The Bertz CT molecular complexity index is 133. The van der Waals surface area contributed by atoms with Gasteiger partial charge in [0.05, 0.1) is 0 Å². The van der Waals surface area contributed by atoms with E-state index in [1.807, 2.05) is 0 Å². The summed E-state index contributed by atoms with van der Waals surface area (Å²) >= 11 is 0. The highest BCUT2D eigenvalue weighted by Gasteiger charge is 2.14. The van der Waals surface area contributed by atoms with Crippen molar-refractivity contribution in [2.45, 2.75) is 58.4 Å². The predicted molar refractivity (Wildman–Crippen MR) is 67.3 cm³/mol. The molecule has 1 saturated heterocycles. The first-order chi connectivity index (χ1) is 7.36. The molecule has 0 aromatic carbocycles. The van der Waals surface area contributed by atoms with Crippen LogP contribution in [0, 0.1) is 0 Å². The van der Waals surface area contributed by atoms with Gasteiger partial charge in [-0.15, -0.1) is 0 Å². The zero-order valence-electron chi connectivity index (χ0n) is 10.6. The monoisotopic (exact) mass is 212 g/mol. The molecule has 1 N–H and O–H groups in total. The third-order valence-corrected chi connectivity index (χ3v) is 3.22. The highest BCUT2D eigenvalue weighted by Crippen LogP contribution is 2.10. The maximum Gasteiger partial charge on any atom is 0.0195 e. The van der Waals surface area contributed by atoms with Crippen molar-refractivity contribution >= 4 is 0 Å². The fourth-order valence-corrected chi connectivity index (χ4v) is 2.50. The van der Waals surface area contributed by atoms with E-state index in [-0.39, 0.29) is 0 Å². The summed E-state index contributed by atoms with van der Waals surface area (Å²) in [4.78, 5) is 2.63. The fraction of sp³-hybridized carbons (Fsp3) is 1.00. The van der Waals surface area contributed by atoms with Gasteiger partial charge >= 0.3 is 0 Å². The van der Waals surface area contributed by atoms with Gasteiger partial charge in [0.25, 0.3) is 0 Å². The minimum atomic E-state index is 0.755. The fourth-order valence-electron chi connectivity index (χ4n) is 2.50. The Balaban J connectivity index is 2.27. The highest BCUT2D eigenvalue weighted by atomic mass is 15.1. The molecule has 15 heavy (non-hydrogen) atoms. The smallest absolute Gasteiger partial charge is 0.0195 e. The first-order valence-corrected chi connectivity index (χ1v) is 6.82. The Morgan fingerprint density at radius 3 is 2.47 bits per heavy atom. The van der Waals surface area contributed by atoms with Crippen LogP contribution in [0.4, 0.5) is 0 Å². The second-order valence-electron chi connectivity index (χ2n) is 4.80. The Morgan fingerprint density at radius 2 is 1.80 bits per heavy atom. The lowest BCUT2D eigenvalue weighted by atomic mass is 10.1. The van der Waals surface area contributed by atoms with E-state index >= 15 is 0 Å². The minimum Gasteiger partial charge on any atom is -0.313 e. The number of nitrogens with one attached hydrogen (secondary N) is 1. The van der Waals surface area contributed by atoms with Crippen LogP contribution < -0.4 is 5.32 Å². The van der Waals surface area contributed by atoms with Crippen molar-refractivity contribution < 1.29 is 0 Å². The molecule has 1 aliphatic heterocycles. The van der Waals surface area contributed by atoms with Crippen LogP contribution in [0.1, 0.15) is 52.4 Å². The van der Waals surface area contributed by atoms with E-state index in [1.165, 1.54) is 64.7 Å². The van der Waals surface area contributed by atoms with Gasteiger partial charge < -0.3 is 10.2 Å². The summed E-state index contributed by atoms with van der Waals surface area (Å²) in [5.41, 5.74) is 0. The van der Waals surface area contributed by atoms with Gasteiger partial charge in [-0.2, -0.15) is 0 Å². The van der Waals surface area contributed by atoms with Gasteiger partial charge in [-0.3, -0.25) is 0 Å². The molecule has 1 atom stereocenters. The van der Waals surface area contributed by atoms with Gasteiger partial charge in [0.1, 0.15) is 0 Å². The van der Waals surface area contributed by atoms with Crippen LogP contribution in [-0.2, 0) is 0 Å². The zero-order chi connectivity index (χ0) is 10.9. The van der Waals surface area contributed by atoms with Crippen LogP contribution >= 0.6 is 0 Å². The van der Waals surface area contributed by atoms with E-state index in [0.717, 1.165) is 6.04 Å². The molecule has 2 nitrogen and oxygen atoms in total. The van der Waals surface area contributed by atoms with Gasteiger partial charge in [-0.1, -0.05) is 26.7 Å². The average Bonchev–Trinajstić information content (AvgIpc) is 2.47. The van der Waals surface area contributed by atoms with E-state index in [0.29, 0.717) is 0 Å². The number of hydrogen-bond donors (Lipinski definition) is 1. The molecule has 0 aromatic heterocycles. The van der Waals surface area contributed by atoms with Crippen LogP contribution in [0.5, 0.6) is 0 Å². The summed E-state index contributed by atoms with van der Waals surface area (Å²) in [6, 6.07) is 0.755. The summed E-state index contributed by atoms with van der Waals surface area (Å²) in [6.07, 6.45) is 8.16. The Kier molecular flexibility index (Phi) is 7.03. The Hall–Kier alpha value is -0.0800. The molecule has 1 unspecified atom stereocenters. The van der Waals surface area contributed by atoms with Crippen LogP contribution in [0.25, 0.3) is 0 Å². The SMILES string of the molecule is CCCN(CCC)CC1CCCCCN1. The largest absolute Gasteiger partial charge is 0.313 e. The van der Waals surface area contributed by atoms with Crippen molar-refractivity contribution in [1.82, 2.24) is 10.2 Å². The standard InChI is InChI=1S/C13H28N2/c1-3-10-15(11-4-2)12-13-8-6-5-7-9-14-13/h13-14H,3-12H2,1-2H3. The molecular weight excluding hydrogens is 184 g/mol. The van der Waals surface area contributed by atoms with E-state index in [2.05, 4.69) is 24.1 Å². The topological polar surface area (TPSA) is 15.3 Å². The van der Waals surface area contributed by atoms with Gasteiger partial charge in [0.2, 0.25) is 0 Å². The molecule has 0 bridgehead atoms. The number of nitrogens with zero attached hydrogens (tertiary/aromatic N) is 1. The van der Waals surface area contributed by atoms with E-state index in [1.54, 1.807) is 0 Å². The van der Waals surface area contributed by atoms with E-state index < -0.39 is 0 Å². The van der Waals surface area contributed by atoms with Gasteiger partial charge in [0, 0.05) is 12.6 Å². The van der Waals surface area contributed by atoms with Crippen molar-refractivity contribution in [2.75, 3.05) is 26.2 Å². The third kappa shape index (κ3) is 5.53. The van der Waals surface area contributed by atoms with Crippen LogP contribution in [0.15, 0.2) is 0 Å². The maximum atomic E-state index is 3.69. The molecule has 0 amide bonds. The lowest BCUT2D eigenvalue weighted by molar-refractivity contribution is 0.239. The molecule has 90 valence electrons. The predicted octanol–water partition coefficient (Wildman–Crippen LogP) is 2.64. The summed E-state index contributed by atoms with van der Waals surface area (Å²) in [5, 5.41) is 3.69. The first kappa shape index (κ1) is 13.0. The van der Waals surface area contributed by atoms with Crippen molar-refractivity contribution in [3.63, 3.8) is 0 Å². The van der Waals surface area contributed by atoms with Crippen molar-refractivity contribution in [3.8, 4) is 0 Å². The molecule has 0 aromatic rings. The van der Waals surface area contributed by atoms with Crippen molar-refractivity contribution in [2.24, 2.45) is 0 Å². The van der Waals surface area contributed by atoms with Crippen LogP contribution in [0.3, 0.4) is 0 Å². The lowest BCUT2D eigenvalue weighted by Gasteiger charge is -2.26. The summed E-state index contributed by atoms with van der Waals surface area (Å²) in [5.74, 6) is 0. The molecule has 0 saturated carbocycles. The van der Waals surface area contributed by atoms with Crippen LogP contribution in [0.2, 0.25) is 0 Å². The quantitative estimate of drug-likeness (QED) is 0.728. The highest BCUT2D eigenvalue weighted by molar-refractivity contribution is 4.74. The van der Waals surface area contributed by atoms with Gasteiger partial charge in [0.15, 0.2) is 0 Å². The second-order valence-corrected chi connectivity index (χ2v) is 4.80. The first-order valence-electron chi connectivity index (χ1n) is 6.82. The molecule has 2 heteroatoms. The molecule has 1 aliphatic rings. The average molecular weight is 212 g/mol.